The van der Waals surface area contributed by atoms with Crippen LogP contribution in [-0.4, -0.2) is 0 Å². The molecule has 0 fully saturated rings. The predicted octanol–water partition coefficient (Wildman–Crippen LogP) is 2.88. The summed E-state index contributed by atoms with van der Waals surface area (Å²) in [5.41, 5.74) is 0.920. The summed E-state index contributed by atoms with van der Waals surface area (Å²) < 4.78 is 0. The molecule has 1 rings (SSSR count). The zero-order valence-corrected chi connectivity index (χ0v) is 7.87. The highest BCUT2D eigenvalue weighted by Crippen LogP contribution is 2.13. The number of unbranched alkanes of at least 4 members (excludes halogenated alkanes) is 1. The van der Waals surface area contributed by atoms with E-state index in [0.29, 0.717) is 0 Å². The Hall–Kier alpha value is -1.18. The molecule has 1 aromatic heterocycles. The highest BCUT2D eigenvalue weighted by atomic mass is 32.1. The summed E-state index contributed by atoms with van der Waals surface area (Å²) in [7, 11) is 0. The second kappa shape index (κ2) is 4.65. The molecule has 0 saturated heterocycles. The SMILES string of the molecule is C#Cc1ccsc1C#CCCC. The van der Waals surface area contributed by atoms with Crippen LogP contribution in [0.15, 0.2) is 11.4 Å². The van der Waals surface area contributed by atoms with Crippen LogP contribution in [0.1, 0.15) is 30.2 Å². The molecule has 0 saturated carbocycles. The van der Waals surface area contributed by atoms with Crippen molar-refractivity contribution in [1.29, 1.82) is 0 Å². The molecule has 0 N–H and O–H groups in total. The summed E-state index contributed by atoms with van der Waals surface area (Å²) >= 11 is 1.61. The van der Waals surface area contributed by atoms with Gasteiger partial charge in [-0.1, -0.05) is 24.7 Å². The number of hydrogen-bond donors (Lipinski definition) is 0. The van der Waals surface area contributed by atoms with Gasteiger partial charge in [0.15, 0.2) is 0 Å². The molecule has 1 aromatic rings. The van der Waals surface area contributed by atoms with Crippen molar-refractivity contribution in [3.05, 3.63) is 21.9 Å². The smallest absolute Gasteiger partial charge is 0.0924 e. The lowest BCUT2D eigenvalue weighted by atomic mass is 10.2. The number of rotatable bonds is 1. The van der Waals surface area contributed by atoms with Crippen molar-refractivity contribution in [1.82, 2.24) is 0 Å². The molecule has 0 aromatic carbocycles. The summed E-state index contributed by atoms with van der Waals surface area (Å²) in [6.45, 7) is 2.12. The van der Waals surface area contributed by atoms with Crippen LogP contribution in [-0.2, 0) is 0 Å². The van der Waals surface area contributed by atoms with Crippen LogP contribution in [0, 0.1) is 24.2 Å². The normalized spacial score (nSPS) is 8.33. The van der Waals surface area contributed by atoms with E-state index in [2.05, 4.69) is 24.7 Å². The average molecular weight is 174 g/mol. The molecule has 60 valence electrons. The summed E-state index contributed by atoms with van der Waals surface area (Å²) in [6.07, 6.45) is 7.34. The Morgan fingerprint density at radius 2 is 2.42 bits per heavy atom. The number of terminal acetylenes is 1. The second-order valence-electron chi connectivity index (χ2n) is 2.36. The Kier molecular flexibility index (Phi) is 3.45. The summed E-state index contributed by atoms with van der Waals surface area (Å²) in [6, 6.07) is 1.93. The molecule has 0 aliphatic heterocycles. The molecular formula is C11H10S. The fourth-order valence-corrected chi connectivity index (χ4v) is 1.51. The summed E-state index contributed by atoms with van der Waals surface area (Å²) in [4.78, 5) is 1.02. The maximum atomic E-state index is 5.29. The molecule has 0 nitrogen and oxygen atoms in total. The Labute approximate surface area is 77.6 Å². The highest BCUT2D eigenvalue weighted by molar-refractivity contribution is 7.10. The maximum absolute atomic E-state index is 5.29. The Balaban J connectivity index is 2.78. The van der Waals surface area contributed by atoms with Gasteiger partial charge in [-0.3, -0.25) is 0 Å². The van der Waals surface area contributed by atoms with Crippen LogP contribution in [0.3, 0.4) is 0 Å². The minimum Gasteiger partial charge on any atom is -0.134 e. The van der Waals surface area contributed by atoms with E-state index in [1.807, 2.05) is 11.4 Å². The molecule has 0 aliphatic rings. The summed E-state index contributed by atoms with van der Waals surface area (Å²) in [5, 5.41) is 1.98. The minimum atomic E-state index is 0.920. The first-order valence-corrected chi connectivity index (χ1v) is 4.79. The monoisotopic (exact) mass is 174 g/mol. The van der Waals surface area contributed by atoms with Crippen LogP contribution in [0.5, 0.6) is 0 Å². The first-order chi connectivity index (χ1) is 5.88. The molecule has 0 spiro atoms. The van der Waals surface area contributed by atoms with Crippen LogP contribution >= 0.6 is 11.3 Å². The van der Waals surface area contributed by atoms with Gasteiger partial charge in [0.25, 0.3) is 0 Å². The van der Waals surface area contributed by atoms with Crippen molar-refractivity contribution < 1.29 is 0 Å². The lowest BCUT2D eigenvalue weighted by Crippen LogP contribution is -1.71. The fourth-order valence-electron chi connectivity index (χ4n) is 0.788. The summed E-state index contributed by atoms with van der Waals surface area (Å²) in [5.74, 6) is 8.76. The van der Waals surface area contributed by atoms with E-state index in [1.165, 1.54) is 0 Å². The van der Waals surface area contributed by atoms with Gasteiger partial charge in [-0.15, -0.1) is 17.8 Å². The Morgan fingerprint density at radius 3 is 3.08 bits per heavy atom. The zero-order chi connectivity index (χ0) is 8.81. The van der Waals surface area contributed by atoms with Gasteiger partial charge in [-0.2, -0.15) is 0 Å². The van der Waals surface area contributed by atoms with Crippen molar-refractivity contribution in [2.24, 2.45) is 0 Å². The Bertz CT molecular complexity index is 341. The van der Waals surface area contributed by atoms with Gasteiger partial charge in [0.1, 0.15) is 0 Å². The minimum absolute atomic E-state index is 0.920. The van der Waals surface area contributed by atoms with Gasteiger partial charge in [-0.25, -0.2) is 0 Å². The topological polar surface area (TPSA) is 0 Å². The van der Waals surface area contributed by atoms with E-state index in [-0.39, 0.29) is 0 Å². The van der Waals surface area contributed by atoms with Crippen LogP contribution < -0.4 is 0 Å². The third-order valence-corrected chi connectivity index (χ3v) is 2.23. The quantitative estimate of drug-likeness (QED) is 0.574. The molecule has 0 unspecified atom stereocenters. The first kappa shape index (κ1) is 8.91. The standard InChI is InChI=1S/C11H10S/c1-3-5-6-7-11-10(4-2)8-9-12-11/h2,8-9H,3,5H2,1H3. The fraction of sp³-hybridized carbons (Fsp3) is 0.273. The van der Waals surface area contributed by atoms with E-state index in [9.17, 15) is 0 Å². The van der Waals surface area contributed by atoms with Crippen molar-refractivity contribution in [3.63, 3.8) is 0 Å². The lowest BCUT2D eigenvalue weighted by molar-refractivity contribution is 0.983. The van der Waals surface area contributed by atoms with Gasteiger partial charge in [0.05, 0.1) is 10.4 Å². The van der Waals surface area contributed by atoms with Crippen LogP contribution in [0.2, 0.25) is 0 Å². The van der Waals surface area contributed by atoms with Crippen molar-refractivity contribution >= 4 is 11.3 Å². The van der Waals surface area contributed by atoms with Gasteiger partial charge in [0.2, 0.25) is 0 Å². The van der Waals surface area contributed by atoms with Crippen molar-refractivity contribution in [2.45, 2.75) is 19.8 Å². The molecule has 0 bridgehead atoms. The van der Waals surface area contributed by atoms with Crippen molar-refractivity contribution in [3.8, 4) is 24.2 Å². The second-order valence-corrected chi connectivity index (χ2v) is 3.28. The van der Waals surface area contributed by atoms with Crippen LogP contribution in [0.4, 0.5) is 0 Å². The van der Waals surface area contributed by atoms with Crippen molar-refractivity contribution in [2.75, 3.05) is 0 Å². The molecule has 1 heterocycles. The molecule has 0 aliphatic carbocycles. The zero-order valence-electron chi connectivity index (χ0n) is 7.05. The maximum Gasteiger partial charge on any atom is 0.0924 e. The number of hydrogen-bond acceptors (Lipinski definition) is 1. The third-order valence-electron chi connectivity index (χ3n) is 1.40. The van der Waals surface area contributed by atoms with E-state index in [0.717, 1.165) is 23.3 Å². The van der Waals surface area contributed by atoms with Gasteiger partial charge in [-0.05, 0) is 17.9 Å². The predicted molar refractivity (Wildman–Crippen MR) is 54.0 cm³/mol. The lowest BCUT2D eigenvalue weighted by Gasteiger charge is -1.83. The van der Waals surface area contributed by atoms with Gasteiger partial charge < -0.3 is 0 Å². The third kappa shape index (κ3) is 2.16. The number of thiophene rings is 1. The van der Waals surface area contributed by atoms with Crippen LogP contribution in [0.25, 0.3) is 0 Å². The van der Waals surface area contributed by atoms with E-state index >= 15 is 0 Å². The molecule has 0 atom stereocenters. The van der Waals surface area contributed by atoms with E-state index in [4.69, 9.17) is 6.42 Å². The highest BCUT2D eigenvalue weighted by Gasteiger charge is 1.95. The average Bonchev–Trinajstić information content (AvgIpc) is 2.52. The molecule has 0 radical (unpaired) electrons. The Morgan fingerprint density at radius 1 is 1.58 bits per heavy atom. The molecule has 12 heavy (non-hydrogen) atoms. The molecule has 0 amide bonds. The van der Waals surface area contributed by atoms with E-state index < -0.39 is 0 Å². The first-order valence-electron chi connectivity index (χ1n) is 3.91. The van der Waals surface area contributed by atoms with Gasteiger partial charge in [0, 0.05) is 6.42 Å². The molecular weight excluding hydrogens is 164 g/mol. The largest absolute Gasteiger partial charge is 0.134 e. The van der Waals surface area contributed by atoms with Gasteiger partial charge >= 0.3 is 0 Å². The molecule has 1 heteroatoms. The van der Waals surface area contributed by atoms with E-state index in [1.54, 1.807) is 11.3 Å².